The van der Waals surface area contributed by atoms with E-state index in [4.69, 9.17) is 4.74 Å². The molecule has 138 valence electrons. The van der Waals surface area contributed by atoms with Crippen LogP contribution in [0, 0.1) is 11.6 Å². The van der Waals surface area contributed by atoms with Crippen LogP contribution >= 0.6 is 0 Å². The zero-order valence-corrected chi connectivity index (χ0v) is 14.4. The largest absolute Gasteiger partial charge is 0.451 e. The summed E-state index contributed by atoms with van der Waals surface area (Å²) in [6, 6.07) is 12.9. The smallest absolute Gasteiger partial charge is 0.357 e. The first-order chi connectivity index (χ1) is 12.9. The normalized spacial score (nSPS) is 11.8. The third-order valence-corrected chi connectivity index (χ3v) is 3.95. The fourth-order valence-electron chi connectivity index (χ4n) is 2.60. The number of amides is 1. The molecule has 5 nitrogen and oxygen atoms in total. The lowest BCUT2D eigenvalue weighted by molar-refractivity contribution is -0.124. The number of nitrogens with one attached hydrogen (secondary N) is 1. The van der Waals surface area contributed by atoms with Gasteiger partial charge in [-0.25, -0.2) is 18.6 Å². The van der Waals surface area contributed by atoms with E-state index in [9.17, 15) is 18.4 Å². The number of esters is 1. The van der Waals surface area contributed by atoms with Crippen LogP contribution in [0.4, 0.5) is 8.78 Å². The minimum atomic E-state index is -0.764. The minimum absolute atomic E-state index is 0.0825. The van der Waals surface area contributed by atoms with Crippen LogP contribution in [-0.4, -0.2) is 23.5 Å². The molecular weight excluding hydrogens is 354 g/mol. The highest BCUT2D eigenvalue weighted by Gasteiger charge is 2.16. The number of carbonyl (C=O) groups excluding carboxylic acids is 2. The molecule has 0 aliphatic heterocycles. The van der Waals surface area contributed by atoms with Gasteiger partial charge in [0.05, 0.1) is 11.6 Å². The molecule has 0 unspecified atom stereocenters. The molecule has 0 radical (unpaired) electrons. The van der Waals surface area contributed by atoms with Crippen LogP contribution in [0.3, 0.4) is 0 Å². The Bertz CT molecular complexity index is 1010. The topological polar surface area (TPSA) is 68.3 Å². The van der Waals surface area contributed by atoms with Crippen molar-refractivity contribution in [3.63, 3.8) is 0 Å². The van der Waals surface area contributed by atoms with Gasteiger partial charge in [0, 0.05) is 17.0 Å². The SMILES string of the molecule is C[C@H](NC(=O)COC(=O)c1ccc2ccccc2n1)c1ccc(F)cc1F. The highest BCUT2D eigenvalue weighted by molar-refractivity contribution is 5.92. The summed E-state index contributed by atoms with van der Waals surface area (Å²) in [7, 11) is 0. The molecule has 7 heteroatoms. The van der Waals surface area contributed by atoms with Gasteiger partial charge in [0.15, 0.2) is 6.61 Å². The predicted molar refractivity (Wildman–Crippen MR) is 94.9 cm³/mol. The number of carbonyl (C=O) groups is 2. The number of rotatable bonds is 5. The zero-order chi connectivity index (χ0) is 19.4. The Hall–Kier alpha value is -3.35. The number of pyridine rings is 1. The molecule has 0 aliphatic carbocycles. The quantitative estimate of drug-likeness (QED) is 0.698. The van der Waals surface area contributed by atoms with Crippen LogP contribution in [-0.2, 0) is 9.53 Å². The van der Waals surface area contributed by atoms with Crippen molar-refractivity contribution in [1.82, 2.24) is 10.3 Å². The fourth-order valence-corrected chi connectivity index (χ4v) is 2.60. The number of hydrogen-bond donors (Lipinski definition) is 1. The standard InChI is InChI=1S/C20H16F2N2O3/c1-12(15-8-7-14(21)10-16(15)22)23-19(25)11-27-20(26)18-9-6-13-4-2-3-5-17(13)24-18/h2-10,12H,11H2,1H3,(H,23,25)/t12-/m0/s1. The van der Waals surface area contributed by atoms with Gasteiger partial charge >= 0.3 is 5.97 Å². The first kappa shape index (κ1) is 18.4. The molecule has 1 heterocycles. The summed E-state index contributed by atoms with van der Waals surface area (Å²) in [6.45, 7) is 1.00. The van der Waals surface area contributed by atoms with E-state index in [0.29, 0.717) is 5.52 Å². The van der Waals surface area contributed by atoms with Crippen LogP contribution in [0.25, 0.3) is 10.9 Å². The van der Waals surface area contributed by atoms with Crippen molar-refractivity contribution in [3.8, 4) is 0 Å². The van der Waals surface area contributed by atoms with Crippen molar-refractivity contribution < 1.29 is 23.1 Å². The molecule has 0 aliphatic rings. The molecule has 1 aromatic heterocycles. The molecule has 0 saturated heterocycles. The fraction of sp³-hybridized carbons (Fsp3) is 0.150. The first-order valence-electron chi connectivity index (χ1n) is 8.21. The number of halogens is 2. The Labute approximate surface area is 154 Å². The van der Waals surface area contributed by atoms with Gasteiger partial charge in [-0.05, 0) is 25.1 Å². The van der Waals surface area contributed by atoms with E-state index >= 15 is 0 Å². The lowest BCUT2D eigenvalue weighted by atomic mass is 10.1. The lowest BCUT2D eigenvalue weighted by Gasteiger charge is -2.15. The predicted octanol–water partition coefficient (Wildman–Crippen LogP) is 3.55. The van der Waals surface area contributed by atoms with Gasteiger partial charge in [0.2, 0.25) is 0 Å². The molecule has 2 aromatic carbocycles. The van der Waals surface area contributed by atoms with Crippen LogP contribution in [0.2, 0.25) is 0 Å². The van der Waals surface area contributed by atoms with Crippen molar-refractivity contribution in [2.45, 2.75) is 13.0 Å². The molecule has 3 rings (SSSR count). The Morgan fingerprint density at radius 2 is 1.89 bits per heavy atom. The third kappa shape index (κ3) is 4.44. The second kappa shape index (κ2) is 7.90. The van der Waals surface area contributed by atoms with Crippen LogP contribution in [0.1, 0.15) is 29.0 Å². The Balaban J connectivity index is 1.58. The number of benzene rings is 2. The highest BCUT2D eigenvalue weighted by Crippen LogP contribution is 2.17. The van der Waals surface area contributed by atoms with Crippen molar-refractivity contribution in [1.29, 1.82) is 0 Å². The van der Waals surface area contributed by atoms with Gasteiger partial charge in [0.1, 0.15) is 17.3 Å². The second-order valence-corrected chi connectivity index (χ2v) is 5.92. The average molecular weight is 370 g/mol. The summed E-state index contributed by atoms with van der Waals surface area (Å²) in [5, 5.41) is 3.37. The van der Waals surface area contributed by atoms with Crippen molar-refractivity contribution in [3.05, 3.63) is 77.5 Å². The maximum Gasteiger partial charge on any atom is 0.357 e. The third-order valence-electron chi connectivity index (χ3n) is 3.95. The molecule has 0 bridgehead atoms. The minimum Gasteiger partial charge on any atom is -0.451 e. The van der Waals surface area contributed by atoms with E-state index in [1.165, 1.54) is 12.1 Å². The van der Waals surface area contributed by atoms with Gasteiger partial charge in [-0.1, -0.05) is 30.3 Å². The van der Waals surface area contributed by atoms with Crippen molar-refractivity contribution in [2.75, 3.05) is 6.61 Å². The van der Waals surface area contributed by atoms with E-state index in [0.717, 1.165) is 17.5 Å². The summed E-state index contributed by atoms with van der Waals surface area (Å²) in [5.74, 6) is -2.82. The van der Waals surface area contributed by atoms with E-state index in [2.05, 4.69) is 10.3 Å². The van der Waals surface area contributed by atoms with E-state index < -0.39 is 36.2 Å². The Morgan fingerprint density at radius 3 is 2.67 bits per heavy atom. The second-order valence-electron chi connectivity index (χ2n) is 5.92. The number of ether oxygens (including phenoxy) is 1. The molecular formula is C20H16F2N2O3. The maximum atomic E-state index is 13.7. The molecule has 0 saturated carbocycles. The van der Waals surface area contributed by atoms with Crippen molar-refractivity contribution >= 4 is 22.8 Å². The zero-order valence-electron chi connectivity index (χ0n) is 14.4. The number of nitrogens with zero attached hydrogens (tertiary/aromatic N) is 1. The van der Waals surface area contributed by atoms with Gasteiger partial charge in [-0.15, -0.1) is 0 Å². The van der Waals surface area contributed by atoms with E-state index in [1.807, 2.05) is 12.1 Å². The molecule has 1 N–H and O–H groups in total. The first-order valence-corrected chi connectivity index (χ1v) is 8.21. The molecule has 1 atom stereocenters. The summed E-state index contributed by atoms with van der Waals surface area (Å²) in [5.41, 5.74) is 0.850. The monoisotopic (exact) mass is 370 g/mol. The lowest BCUT2D eigenvalue weighted by Crippen LogP contribution is -2.31. The summed E-state index contributed by atoms with van der Waals surface area (Å²) < 4.78 is 31.6. The number of fused-ring (bicyclic) bond motifs is 1. The summed E-state index contributed by atoms with van der Waals surface area (Å²) in [4.78, 5) is 28.2. The van der Waals surface area contributed by atoms with Gasteiger partial charge in [-0.3, -0.25) is 4.79 Å². The van der Waals surface area contributed by atoms with Crippen LogP contribution in [0.5, 0.6) is 0 Å². The van der Waals surface area contributed by atoms with Crippen LogP contribution < -0.4 is 5.32 Å². The molecule has 1 amide bonds. The van der Waals surface area contributed by atoms with Gasteiger partial charge in [-0.2, -0.15) is 0 Å². The maximum absolute atomic E-state index is 13.7. The van der Waals surface area contributed by atoms with Gasteiger partial charge < -0.3 is 10.1 Å². The summed E-state index contributed by atoms with van der Waals surface area (Å²) >= 11 is 0. The molecule has 27 heavy (non-hydrogen) atoms. The number of para-hydroxylation sites is 1. The van der Waals surface area contributed by atoms with E-state index in [-0.39, 0.29) is 11.3 Å². The van der Waals surface area contributed by atoms with Gasteiger partial charge in [0.25, 0.3) is 5.91 Å². The highest BCUT2D eigenvalue weighted by atomic mass is 19.1. The average Bonchev–Trinajstić information content (AvgIpc) is 2.65. The van der Waals surface area contributed by atoms with Crippen LogP contribution in [0.15, 0.2) is 54.6 Å². The Kier molecular flexibility index (Phi) is 5.40. The number of aromatic nitrogens is 1. The Morgan fingerprint density at radius 1 is 1.11 bits per heavy atom. The summed E-state index contributed by atoms with van der Waals surface area (Å²) in [6.07, 6.45) is 0. The number of hydrogen-bond acceptors (Lipinski definition) is 4. The molecule has 0 spiro atoms. The molecule has 3 aromatic rings. The molecule has 0 fully saturated rings. The van der Waals surface area contributed by atoms with Crippen molar-refractivity contribution in [2.24, 2.45) is 0 Å². The van der Waals surface area contributed by atoms with E-state index in [1.54, 1.807) is 25.1 Å².